The van der Waals surface area contributed by atoms with E-state index in [1.54, 1.807) is 12.1 Å². The maximum absolute atomic E-state index is 13.2. The number of methoxy groups -OCH3 is 2. The SMILES string of the molecule is COC(=O)Cc1ccc(OC)c(-c2ccc(C(F)(F)F)cc2)c1C(N)C1Cc2ccccc2C1. The average Bonchev–Trinajstić information content (AvgIpc) is 3.27. The Bertz CT molecular complexity index is 1160. The summed E-state index contributed by atoms with van der Waals surface area (Å²) in [6.45, 7) is 0. The third-order valence-electron chi connectivity index (χ3n) is 6.50. The van der Waals surface area contributed by atoms with Crippen molar-refractivity contribution in [2.24, 2.45) is 11.7 Å². The molecule has 0 fully saturated rings. The van der Waals surface area contributed by atoms with Gasteiger partial charge in [-0.25, -0.2) is 0 Å². The highest BCUT2D eigenvalue weighted by molar-refractivity contribution is 5.80. The summed E-state index contributed by atoms with van der Waals surface area (Å²) in [5.41, 5.74) is 11.1. The lowest BCUT2D eigenvalue weighted by atomic mass is 9.82. The summed E-state index contributed by atoms with van der Waals surface area (Å²) in [6, 6.07) is 16.1. The summed E-state index contributed by atoms with van der Waals surface area (Å²) in [4.78, 5) is 12.2. The second-order valence-corrected chi connectivity index (χ2v) is 8.51. The molecule has 0 bridgehead atoms. The summed E-state index contributed by atoms with van der Waals surface area (Å²) in [6.07, 6.45) is -2.89. The van der Waals surface area contributed by atoms with E-state index >= 15 is 0 Å². The van der Waals surface area contributed by atoms with Crippen molar-refractivity contribution < 1.29 is 27.4 Å². The van der Waals surface area contributed by atoms with Crippen molar-refractivity contribution in [3.05, 3.63) is 88.5 Å². The van der Waals surface area contributed by atoms with Gasteiger partial charge in [0.15, 0.2) is 0 Å². The zero-order chi connectivity index (χ0) is 24.5. The van der Waals surface area contributed by atoms with Crippen molar-refractivity contribution in [3.8, 4) is 16.9 Å². The largest absolute Gasteiger partial charge is 0.496 e. The van der Waals surface area contributed by atoms with E-state index in [1.807, 2.05) is 12.1 Å². The monoisotopic (exact) mass is 469 g/mol. The summed E-state index contributed by atoms with van der Waals surface area (Å²) < 4.78 is 50.0. The van der Waals surface area contributed by atoms with Crippen LogP contribution in [-0.2, 0) is 35.0 Å². The zero-order valence-corrected chi connectivity index (χ0v) is 19.0. The van der Waals surface area contributed by atoms with Crippen molar-refractivity contribution in [3.63, 3.8) is 0 Å². The van der Waals surface area contributed by atoms with Crippen LogP contribution in [0.4, 0.5) is 13.2 Å². The number of hydrogen-bond acceptors (Lipinski definition) is 4. The molecule has 178 valence electrons. The summed E-state index contributed by atoms with van der Waals surface area (Å²) in [5, 5.41) is 0. The van der Waals surface area contributed by atoms with Crippen LogP contribution >= 0.6 is 0 Å². The Balaban J connectivity index is 1.84. The van der Waals surface area contributed by atoms with Gasteiger partial charge < -0.3 is 15.2 Å². The van der Waals surface area contributed by atoms with E-state index < -0.39 is 23.8 Å². The Labute approximate surface area is 196 Å². The van der Waals surface area contributed by atoms with E-state index in [1.165, 1.54) is 37.5 Å². The number of esters is 1. The van der Waals surface area contributed by atoms with E-state index in [0.29, 0.717) is 28.0 Å². The number of ether oxygens (including phenoxy) is 2. The molecular formula is C27H26F3NO3. The number of alkyl halides is 3. The lowest BCUT2D eigenvalue weighted by Crippen LogP contribution is -2.25. The van der Waals surface area contributed by atoms with E-state index in [9.17, 15) is 18.0 Å². The van der Waals surface area contributed by atoms with Crippen molar-refractivity contribution in [1.29, 1.82) is 0 Å². The van der Waals surface area contributed by atoms with Crippen LogP contribution in [0.3, 0.4) is 0 Å². The smallest absolute Gasteiger partial charge is 0.416 e. The van der Waals surface area contributed by atoms with Gasteiger partial charge in [-0.1, -0.05) is 42.5 Å². The highest BCUT2D eigenvalue weighted by Gasteiger charge is 2.33. The number of hydrogen-bond donors (Lipinski definition) is 1. The van der Waals surface area contributed by atoms with E-state index in [4.69, 9.17) is 15.2 Å². The second-order valence-electron chi connectivity index (χ2n) is 8.51. The third kappa shape index (κ3) is 4.66. The maximum atomic E-state index is 13.2. The molecule has 3 aromatic rings. The van der Waals surface area contributed by atoms with Gasteiger partial charge in [-0.3, -0.25) is 4.79 Å². The van der Waals surface area contributed by atoms with Crippen molar-refractivity contribution >= 4 is 5.97 Å². The van der Waals surface area contributed by atoms with Crippen LogP contribution in [0.1, 0.15) is 33.9 Å². The van der Waals surface area contributed by atoms with Crippen molar-refractivity contribution in [2.45, 2.75) is 31.5 Å². The number of carbonyl (C=O) groups is 1. The molecule has 3 aromatic carbocycles. The molecule has 0 spiro atoms. The minimum atomic E-state index is -4.44. The molecule has 0 aromatic heterocycles. The standard InChI is InChI=1S/C27H26F3NO3/c1-33-22-12-9-19(15-23(32)34-2)25(24(22)16-7-10-21(11-8-16)27(28,29)30)26(31)20-13-17-5-3-4-6-18(17)14-20/h3-12,20,26H,13-15,31H2,1-2H3. The predicted molar refractivity (Wildman–Crippen MR) is 123 cm³/mol. The molecule has 1 unspecified atom stereocenters. The summed E-state index contributed by atoms with van der Waals surface area (Å²) in [5.74, 6) is 0.120. The molecule has 4 rings (SSSR count). The molecule has 0 aliphatic heterocycles. The van der Waals surface area contributed by atoms with E-state index in [0.717, 1.165) is 25.0 Å². The number of rotatable bonds is 6. The Morgan fingerprint density at radius 2 is 1.62 bits per heavy atom. The lowest BCUT2D eigenvalue weighted by molar-refractivity contribution is -0.140. The number of halogens is 3. The minimum Gasteiger partial charge on any atom is -0.496 e. The van der Waals surface area contributed by atoms with Crippen LogP contribution in [-0.4, -0.2) is 20.2 Å². The van der Waals surface area contributed by atoms with Gasteiger partial charge >= 0.3 is 12.1 Å². The number of carbonyl (C=O) groups excluding carboxylic acids is 1. The molecule has 0 heterocycles. The Morgan fingerprint density at radius 1 is 1.00 bits per heavy atom. The molecule has 2 N–H and O–H groups in total. The molecule has 1 aliphatic rings. The number of nitrogens with two attached hydrogens (primary N) is 1. The topological polar surface area (TPSA) is 61.5 Å². The first-order chi connectivity index (χ1) is 16.2. The fourth-order valence-corrected chi connectivity index (χ4v) is 4.78. The minimum absolute atomic E-state index is 0.00314. The average molecular weight is 470 g/mol. The molecule has 1 aliphatic carbocycles. The summed E-state index contributed by atoms with van der Waals surface area (Å²) >= 11 is 0. The predicted octanol–water partition coefficient (Wildman–Crippen LogP) is 5.51. The first-order valence-corrected chi connectivity index (χ1v) is 11.0. The van der Waals surface area contributed by atoms with Crippen LogP contribution in [0.5, 0.6) is 5.75 Å². The molecule has 0 saturated carbocycles. The fraction of sp³-hybridized carbons (Fsp3) is 0.296. The molecule has 0 amide bonds. The number of benzene rings is 3. The fourth-order valence-electron chi connectivity index (χ4n) is 4.78. The molecule has 7 heteroatoms. The van der Waals surface area contributed by atoms with Crippen LogP contribution < -0.4 is 10.5 Å². The first kappa shape index (κ1) is 23.8. The van der Waals surface area contributed by atoms with Gasteiger partial charge in [0, 0.05) is 11.6 Å². The first-order valence-electron chi connectivity index (χ1n) is 11.0. The van der Waals surface area contributed by atoms with E-state index in [2.05, 4.69) is 12.1 Å². The van der Waals surface area contributed by atoms with Gasteiger partial charge in [0.05, 0.1) is 26.2 Å². The van der Waals surface area contributed by atoms with Crippen molar-refractivity contribution in [2.75, 3.05) is 14.2 Å². The number of fused-ring (bicyclic) bond motifs is 1. The van der Waals surface area contributed by atoms with Crippen LogP contribution in [0.25, 0.3) is 11.1 Å². The highest BCUT2D eigenvalue weighted by Crippen LogP contribution is 2.44. The van der Waals surface area contributed by atoms with Gasteiger partial charge in [0.2, 0.25) is 0 Å². The zero-order valence-electron chi connectivity index (χ0n) is 19.0. The molecule has 1 atom stereocenters. The van der Waals surface area contributed by atoms with Crippen LogP contribution in [0.2, 0.25) is 0 Å². The van der Waals surface area contributed by atoms with E-state index in [-0.39, 0.29) is 12.3 Å². The summed E-state index contributed by atoms with van der Waals surface area (Å²) in [7, 11) is 2.82. The Hall–Kier alpha value is -3.32. The quantitative estimate of drug-likeness (QED) is 0.484. The van der Waals surface area contributed by atoms with Gasteiger partial charge in [0.25, 0.3) is 0 Å². The highest BCUT2D eigenvalue weighted by atomic mass is 19.4. The third-order valence-corrected chi connectivity index (χ3v) is 6.50. The second kappa shape index (κ2) is 9.50. The van der Waals surface area contributed by atoms with Gasteiger partial charge in [-0.2, -0.15) is 13.2 Å². The van der Waals surface area contributed by atoms with Gasteiger partial charge in [-0.15, -0.1) is 0 Å². The molecular weight excluding hydrogens is 443 g/mol. The molecule has 0 radical (unpaired) electrons. The Morgan fingerprint density at radius 3 is 2.15 bits per heavy atom. The van der Waals surface area contributed by atoms with Crippen LogP contribution in [0.15, 0.2) is 60.7 Å². The van der Waals surface area contributed by atoms with Crippen LogP contribution in [0, 0.1) is 5.92 Å². The molecule has 0 saturated heterocycles. The normalized spacial score (nSPS) is 14.5. The Kier molecular flexibility index (Phi) is 6.66. The van der Waals surface area contributed by atoms with Gasteiger partial charge in [0.1, 0.15) is 5.75 Å². The van der Waals surface area contributed by atoms with Gasteiger partial charge in [-0.05, 0) is 64.8 Å². The van der Waals surface area contributed by atoms with Crippen molar-refractivity contribution in [1.82, 2.24) is 0 Å². The lowest BCUT2D eigenvalue weighted by Gasteiger charge is -2.27. The molecule has 4 nitrogen and oxygen atoms in total. The molecule has 34 heavy (non-hydrogen) atoms. The maximum Gasteiger partial charge on any atom is 0.416 e.